The SMILES string of the molecule is NC(=O)[C@@H](NC(=O)Cc1cccc(C(F)(F)F)c1)C1CCCCC1. The van der Waals surface area contributed by atoms with Crippen molar-refractivity contribution in [1.29, 1.82) is 0 Å². The van der Waals surface area contributed by atoms with E-state index in [0.29, 0.717) is 0 Å². The van der Waals surface area contributed by atoms with Crippen LogP contribution in [0.1, 0.15) is 43.2 Å². The normalized spacial score (nSPS) is 17.3. The van der Waals surface area contributed by atoms with Crippen molar-refractivity contribution in [2.45, 2.75) is 50.7 Å². The summed E-state index contributed by atoms with van der Waals surface area (Å²) in [6.45, 7) is 0. The second-order valence-corrected chi connectivity index (χ2v) is 6.22. The van der Waals surface area contributed by atoms with E-state index in [1.807, 2.05) is 0 Å². The number of nitrogens with one attached hydrogen (secondary N) is 1. The molecule has 0 unspecified atom stereocenters. The minimum atomic E-state index is -4.45. The van der Waals surface area contributed by atoms with Gasteiger partial charge in [0.25, 0.3) is 0 Å². The molecule has 1 atom stereocenters. The van der Waals surface area contributed by atoms with Crippen LogP contribution in [0.5, 0.6) is 0 Å². The highest BCUT2D eigenvalue weighted by molar-refractivity contribution is 5.87. The summed E-state index contributed by atoms with van der Waals surface area (Å²) in [6.07, 6.45) is 0.0235. The lowest BCUT2D eigenvalue weighted by molar-refractivity contribution is -0.137. The quantitative estimate of drug-likeness (QED) is 0.864. The number of hydrogen-bond donors (Lipinski definition) is 2. The van der Waals surface area contributed by atoms with Gasteiger partial charge in [0.2, 0.25) is 11.8 Å². The Hall–Kier alpha value is -2.05. The molecule has 0 aliphatic heterocycles. The van der Waals surface area contributed by atoms with Crippen molar-refractivity contribution in [3.8, 4) is 0 Å². The first-order valence-electron chi connectivity index (χ1n) is 8.02. The van der Waals surface area contributed by atoms with Crippen molar-refractivity contribution in [2.75, 3.05) is 0 Å². The van der Waals surface area contributed by atoms with E-state index in [1.165, 1.54) is 12.1 Å². The van der Waals surface area contributed by atoms with E-state index in [-0.39, 0.29) is 17.9 Å². The van der Waals surface area contributed by atoms with Gasteiger partial charge in [-0.3, -0.25) is 9.59 Å². The summed E-state index contributed by atoms with van der Waals surface area (Å²) in [6, 6.07) is 3.85. The lowest BCUT2D eigenvalue weighted by Crippen LogP contribution is -2.50. The summed E-state index contributed by atoms with van der Waals surface area (Å²) in [5.41, 5.74) is 4.83. The van der Waals surface area contributed by atoms with Gasteiger partial charge in [0, 0.05) is 0 Å². The third-order valence-corrected chi connectivity index (χ3v) is 4.36. The molecule has 2 amide bonds. The van der Waals surface area contributed by atoms with Crippen LogP contribution in [0.3, 0.4) is 0 Å². The first-order valence-corrected chi connectivity index (χ1v) is 8.02. The smallest absolute Gasteiger partial charge is 0.368 e. The van der Waals surface area contributed by atoms with Crippen molar-refractivity contribution in [3.63, 3.8) is 0 Å². The van der Waals surface area contributed by atoms with Crippen molar-refractivity contribution >= 4 is 11.8 Å². The van der Waals surface area contributed by atoms with Gasteiger partial charge in [-0.1, -0.05) is 37.5 Å². The van der Waals surface area contributed by atoms with Crippen LogP contribution >= 0.6 is 0 Å². The molecule has 0 spiro atoms. The number of alkyl halides is 3. The topological polar surface area (TPSA) is 72.2 Å². The molecule has 0 saturated heterocycles. The molecule has 4 nitrogen and oxygen atoms in total. The van der Waals surface area contributed by atoms with Gasteiger partial charge in [-0.15, -0.1) is 0 Å². The highest BCUT2D eigenvalue weighted by atomic mass is 19.4. The van der Waals surface area contributed by atoms with Crippen LogP contribution in [0.4, 0.5) is 13.2 Å². The van der Waals surface area contributed by atoms with Crippen LogP contribution in [0.25, 0.3) is 0 Å². The fourth-order valence-corrected chi connectivity index (χ4v) is 3.16. The highest BCUT2D eigenvalue weighted by Gasteiger charge is 2.31. The summed E-state index contributed by atoms with van der Waals surface area (Å²) in [5.74, 6) is -1.09. The van der Waals surface area contributed by atoms with Gasteiger partial charge in [0.15, 0.2) is 0 Å². The Balaban J connectivity index is 2.02. The lowest BCUT2D eigenvalue weighted by Gasteiger charge is -2.28. The van der Waals surface area contributed by atoms with Gasteiger partial charge >= 0.3 is 6.18 Å². The molecular weight excluding hydrogens is 321 g/mol. The molecule has 1 aliphatic rings. The molecule has 1 fully saturated rings. The van der Waals surface area contributed by atoms with Gasteiger partial charge in [-0.25, -0.2) is 0 Å². The summed E-state index contributed by atoms with van der Waals surface area (Å²) in [5, 5.41) is 2.60. The van der Waals surface area contributed by atoms with Gasteiger partial charge in [0.1, 0.15) is 6.04 Å². The maximum atomic E-state index is 12.7. The fraction of sp³-hybridized carbons (Fsp3) is 0.529. The number of primary amides is 1. The molecule has 2 rings (SSSR count). The molecule has 0 heterocycles. The summed E-state index contributed by atoms with van der Waals surface area (Å²) < 4.78 is 38.1. The monoisotopic (exact) mass is 342 g/mol. The number of carbonyl (C=O) groups excluding carboxylic acids is 2. The highest BCUT2D eigenvalue weighted by Crippen LogP contribution is 2.30. The van der Waals surface area contributed by atoms with Crippen LogP contribution in [-0.2, 0) is 22.2 Å². The molecule has 0 aromatic heterocycles. The number of halogens is 3. The Labute approximate surface area is 138 Å². The summed E-state index contributed by atoms with van der Waals surface area (Å²) in [7, 11) is 0. The Bertz CT molecular complexity index is 596. The number of amides is 2. The molecule has 132 valence electrons. The molecule has 1 aromatic rings. The number of benzene rings is 1. The van der Waals surface area contributed by atoms with Gasteiger partial charge in [-0.05, 0) is 30.4 Å². The predicted octanol–water partition coefficient (Wildman–Crippen LogP) is 2.80. The zero-order chi connectivity index (χ0) is 17.7. The van der Waals surface area contributed by atoms with E-state index in [0.717, 1.165) is 44.2 Å². The second-order valence-electron chi connectivity index (χ2n) is 6.22. The average molecular weight is 342 g/mol. The first kappa shape index (κ1) is 18.3. The molecule has 1 aliphatic carbocycles. The first-order chi connectivity index (χ1) is 11.3. The van der Waals surface area contributed by atoms with E-state index >= 15 is 0 Å². The number of rotatable bonds is 5. The van der Waals surface area contributed by atoms with Gasteiger partial charge in [-0.2, -0.15) is 13.2 Å². The predicted molar refractivity (Wildman–Crippen MR) is 82.8 cm³/mol. The number of nitrogens with two attached hydrogens (primary N) is 1. The summed E-state index contributed by atoms with van der Waals surface area (Å²) in [4.78, 5) is 23.8. The lowest BCUT2D eigenvalue weighted by atomic mass is 9.83. The molecule has 24 heavy (non-hydrogen) atoms. The Morgan fingerprint density at radius 1 is 1.21 bits per heavy atom. The fourth-order valence-electron chi connectivity index (χ4n) is 3.16. The summed E-state index contributed by atoms with van der Waals surface area (Å²) >= 11 is 0. The Kier molecular flexibility index (Phi) is 5.85. The third kappa shape index (κ3) is 4.97. The number of hydrogen-bond acceptors (Lipinski definition) is 2. The molecule has 3 N–H and O–H groups in total. The van der Waals surface area contributed by atoms with Crippen LogP contribution in [0.2, 0.25) is 0 Å². The standard InChI is InChI=1S/C17H21F3N2O2/c18-17(19,20)13-8-4-5-11(9-13)10-14(23)22-15(16(21)24)12-6-2-1-3-7-12/h4-5,8-9,12,15H,1-3,6-7,10H2,(H2,21,24)(H,22,23)/t15-/m0/s1. The molecule has 1 aromatic carbocycles. The van der Waals surface area contributed by atoms with E-state index in [9.17, 15) is 22.8 Å². The molecule has 1 saturated carbocycles. The third-order valence-electron chi connectivity index (χ3n) is 4.36. The van der Waals surface area contributed by atoms with Crippen LogP contribution in [-0.4, -0.2) is 17.9 Å². The van der Waals surface area contributed by atoms with Crippen molar-refractivity contribution in [2.24, 2.45) is 11.7 Å². The minimum absolute atomic E-state index is 0.00158. The maximum Gasteiger partial charge on any atom is 0.416 e. The molecule has 0 bridgehead atoms. The van der Waals surface area contributed by atoms with Crippen LogP contribution in [0.15, 0.2) is 24.3 Å². The van der Waals surface area contributed by atoms with Crippen LogP contribution < -0.4 is 11.1 Å². The largest absolute Gasteiger partial charge is 0.416 e. The van der Waals surface area contributed by atoms with E-state index in [4.69, 9.17) is 5.73 Å². The van der Waals surface area contributed by atoms with E-state index < -0.39 is 29.6 Å². The van der Waals surface area contributed by atoms with Gasteiger partial charge in [0.05, 0.1) is 12.0 Å². The van der Waals surface area contributed by atoms with Gasteiger partial charge < -0.3 is 11.1 Å². The average Bonchev–Trinajstić information content (AvgIpc) is 2.52. The Morgan fingerprint density at radius 3 is 2.46 bits per heavy atom. The van der Waals surface area contributed by atoms with Crippen molar-refractivity contribution < 1.29 is 22.8 Å². The van der Waals surface area contributed by atoms with E-state index in [2.05, 4.69) is 5.32 Å². The van der Waals surface area contributed by atoms with Crippen LogP contribution in [0, 0.1) is 5.92 Å². The molecule has 0 radical (unpaired) electrons. The number of carbonyl (C=O) groups is 2. The maximum absolute atomic E-state index is 12.7. The van der Waals surface area contributed by atoms with Crippen molar-refractivity contribution in [1.82, 2.24) is 5.32 Å². The Morgan fingerprint density at radius 2 is 1.88 bits per heavy atom. The minimum Gasteiger partial charge on any atom is -0.368 e. The molecular formula is C17H21F3N2O2. The second kappa shape index (κ2) is 7.68. The zero-order valence-electron chi connectivity index (χ0n) is 13.2. The molecule has 7 heteroatoms. The van der Waals surface area contributed by atoms with E-state index in [1.54, 1.807) is 0 Å². The zero-order valence-corrected chi connectivity index (χ0v) is 13.2. The van der Waals surface area contributed by atoms with Crippen molar-refractivity contribution in [3.05, 3.63) is 35.4 Å².